The molecule has 1 fully saturated rings. The molecule has 5 heteroatoms. The normalized spacial score (nSPS) is 18.7. The van der Waals surface area contributed by atoms with Gasteiger partial charge in [-0.15, -0.1) is 0 Å². The van der Waals surface area contributed by atoms with E-state index >= 15 is 0 Å². The number of nitrogens with zero attached hydrogens (tertiary/aromatic N) is 2. The van der Waals surface area contributed by atoms with Crippen LogP contribution in [0.1, 0.15) is 41.5 Å². The molecule has 1 saturated heterocycles. The maximum Gasteiger partial charge on any atom is 0.244 e. The molecule has 1 rings (SSSR count). The van der Waals surface area contributed by atoms with E-state index in [1.807, 2.05) is 25.7 Å². The number of piperazine rings is 1. The number of carbonyl (C=O) groups is 2. The van der Waals surface area contributed by atoms with Crippen LogP contribution in [-0.2, 0) is 9.59 Å². The van der Waals surface area contributed by atoms with Crippen molar-refractivity contribution < 1.29 is 9.59 Å². The first-order chi connectivity index (χ1) is 9.61. The molecule has 1 heterocycles. The van der Waals surface area contributed by atoms with Gasteiger partial charge in [0.25, 0.3) is 0 Å². The number of hydrogen-bond acceptors (Lipinski definition) is 3. The highest BCUT2D eigenvalue weighted by Crippen LogP contribution is 2.13. The molecule has 21 heavy (non-hydrogen) atoms. The van der Waals surface area contributed by atoms with Crippen molar-refractivity contribution in [2.75, 3.05) is 32.7 Å². The Morgan fingerprint density at radius 2 is 1.57 bits per heavy atom. The Kier molecular flexibility index (Phi) is 6.20. The zero-order chi connectivity index (χ0) is 16.2. The molecule has 1 atom stereocenters. The topological polar surface area (TPSA) is 52.6 Å². The molecule has 2 amide bonds. The summed E-state index contributed by atoms with van der Waals surface area (Å²) < 4.78 is 0. The van der Waals surface area contributed by atoms with Crippen molar-refractivity contribution in [3.05, 3.63) is 0 Å². The van der Waals surface area contributed by atoms with Crippen LogP contribution in [0.15, 0.2) is 0 Å². The molecule has 0 aromatic carbocycles. The third-order valence-electron chi connectivity index (χ3n) is 3.71. The molecular weight excluding hydrogens is 266 g/mol. The van der Waals surface area contributed by atoms with Crippen LogP contribution in [-0.4, -0.2) is 60.4 Å². The summed E-state index contributed by atoms with van der Waals surface area (Å²) >= 11 is 0. The largest absolute Gasteiger partial charge is 0.344 e. The van der Waals surface area contributed by atoms with Crippen molar-refractivity contribution in [3.63, 3.8) is 0 Å². The molecule has 0 spiro atoms. The van der Waals surface area contributed by atoms with Gasteiger partial charge in [-0.25, -0.2) is 0 Å². The van der Waals surface area contributed by atoms with Gasteiger partial charge in [0.2, 0.25) is 11.8 Å². The van der Waals surface area contributed by atoms with Gasteiger partial charge in [-0.3, -0.25) is 14.5 Å². The van der Waals surface area contributed by atoms with Gasteiger partial charge >= 0.3 is 0 Å². The summed E-state index contributed by atoms with van der Waals surface area (Å²) in [6.45, 7) is 16.2. The Bertz CT molecular complexity index is 366. The molecule has 0 aromatic heterocycles. The lowest BCUT2D eigenvalue weighted by Crippen LogP contribution is -2.55. The minimum absolute atomic E-state index is 0.0248. The van der Waals surface area contributed by atoms with Crippen molar-refractivity contribution in [1.82, 2.24) is 15.1 Å². The smallest absolute Gasteiger partial charge is 0.244 e. The second-order valence-corrected chi connectivity index (χ2v) is 7.46. The summed E-state index contributed by atoms with van der Waals surface area (Å²) in [5, 5.41) is 2.82. The van der Waals surface area contributed by atoms with E-state index < -0.39 is 11.5 Å². The Morgan fingerprint density at radius 1 is 1.05 bits per heavy atom. The quantitative estimate of drug-likeness (QED) is 0.852. The van der Waals surface area contributed by atoms with Crippen LogP contribution in [0.4, 0.5) is 0 Å². The number of amides is 2. The molecule has 0 radical (unpaired) electrons. The fourth-order valence-electron chi connectivity index (χ4n) is 2.42. The van der Waals surface area contributed by atoms with Gasteiger partial charge in [0.05, 0.1) is 0 Å². The number of nitrogens with one attached hydrogen (secondary N) is 1. The molecule has 1 unspecified atom stereocenters. The Balaban J connectivity index is 2.44. The van der Waals surface area contributed by atoms with E-state index in [1.165, 1.54) is 0 Å². The monoisotopic (exact) mass is 297 g/mol. The molecule has 1 aliphatic rings. The molecule has 0 aliphatic carbocycles. The third kappa shape index (κ3) is 5.65. The van der Waals surface area contributed by atoms with Crippen LogP contribution in [0.25, 0.3) is 0 Å². The highest BCUT2D eigenvalue weighted by Gasteiger charge is 2.29. The fraction of sp³-hybridized carbons (Fsp3) is 0.875. The highest BCUT2D eigenvalue weighted by atomic mass is 16.2. The van der Waals surface area contributed by atoms with Gasteiger partial charge in [-0.05, 0) is 12.8 Å². The van der Waals surface area contributed by atoms with Crippen molar-refractivity contribution in [2.24, 2.45) is 11.3 Å². The first kappa shape index (κ1) is 18.0. The molecule has 122 valence electrons. The second-order valence-electron chi connectivity index (χ2n) is 7.46. The fourth-order valence-corrected chi connectivity index (χ4v) is 2.42. The molecule has 1 N–H and O–H groups in total. The first-order valence-corrected chi connectivity index (χ1v) is 7.93. The average molecular weight is 297 g/mol. The maximum absolute atomic E-state index is 12.4. The van der Waals surface area contributed by atoms with Crippen LogP contribution in [0.3, 0.4) is 0 Å². The molecule has 0 aromatic rings. The lowest BCUT2D eigenvalue weighted by molar-refractivity contribution is -0.139. The zero-order valence-corrected chi connectivity index (χ0v) is 14.4. The van der Waals surface area contributed by atoms with Crippen LogP contribution in [0, 0.1) is 11.3 Å². The minimum atomic E-state index is -0.468. The first-order valence-electron chi connectivity index (χ1n) is 7.93. The van der Waals surface area contributed by atoms with Gasteiger partial charge in [-0.1, -0.05) is 34.6 Å². The summed E-state index contributed by atoms with van der Waals surface area (Å²) in [4.78, 5) is 28.6. The summed E-state index contributed by atoms with van der Waals surface area (Å²) in [5.41, 5.74) is -0.468. The highest BCUT2D eigenvalue weighted by molar-refractivity contribution is 5.89. The molecule has 0 saturated carbocycles. The molecular formula is C16H31N3O2. The molecule has 1 aliphatic heterocycles. The van der Waals surface area contributed by atoms with Gasteiger partial charge in [0.15, 0.2) is 0 Å². The van der Waals surface area contributed by atoms with Crippen LogP contribution in [0.2, 0.25) is 0 Å². The SMILES string of the molecule is CC(C)CN1CCN(C(=O)C(C)NC(=O)C(C)(C)C)CC1. The number of rotatable bonds is 4. The lowest BCUT2D eigenvalue weighted by Gasteiger charge is -2.37. The Hall–Kier alpha value is -1.10. The van der Waals surface area contributed by atoms with Gasteiger partial charge in [0, 0.05) is 38.1 Å². The third-order valence-corrected chi connectivity index (χ3v) is 3.71. The van der Waals surface area contributed by atoms with Crippen molar-refractivity contribution >= 4 is 11.8 Å². The number of carbonyl (C=O) groups excluding carboxylic acids is 2. The van der Waals surface area contributed by atoms with Crippen LogP contribution >= 0.6 is 0 Å². The van der Waals surface area contributed by atoms with E-state index in [0.717, 1.165) is 32.7 Å². The summed E-state index contributed by atoms with van der Waals surface area (Å²) in [6.07, 6.45) is 0. The number of hydrogen-bond donors (Lipinski definition) is 1. The molecule has 0 bridgehead atoms. The summed E-state index contributed by atoms with van der Waals surface area (Å²) in [6, 6.07) is -0.451. The van der Waals surface area contributed by atoms with Crippen LogP contribution in [0.5, 0.6) is 0 Å². The van der Waals surface area contributed by atoms with E-state index in [2.05, 4.69) is 24.1 Å². The standard InChI is InChI=1S/C16H31N3O2/c1-12(2)11-18-7-9-19(10-8-18)14(20)13(3)17-15(21)16(4,5)6/h12-13H,7-11H2,1-6H3,(H,17,21). The van der Waals surface area contributed by atoms with Crippen molar-refractivity contribution in [1.29, 1.82) is 0 Å². The van der Waals surface area contributed by atoms with E-state index in [0.29, 0.717) is 5.92 Å². The van der Waals surface area contributed by atoms with E-state index in [-0.39, 0.29) is 11.8 Å². The maximum atomic E-state index is 12.4. The van der Waals surface area contributed by atoms with Crippen molar-refractivity contribution in [3.8, 4) is 0 Å². The molecule has 5 nitrogen and oxygen atoms in total. The van der Waals surface area contributed by atoms with E-state index in [4.69, 9.17) is 0 Å². The summed E-state index contributed by atoms with van der Waals surface area (Å²) in [5.74, 6) is 0.593. The lowest BCUT2D eigenvalue weighted by atomic mass is 9.95. The van der Waals surface area contributed by atoms with Crippen LogP contribution < -0.4 is 5.32 Å². The zero-order valence-electron chi connectivity index (χ0n) is 14.4. The van der Waals surface area contributed by atoms with Gasteiger partial charge in [0.1, 0.15) is 6.04 Å². The predicted octanol–water partition coefficient (Wildman–Crippen LogP) is 1.34. The van der Waals surface area contributed by atoms with Gasteiger partial charge in [-0.2, -0.15) is 0 Å². The van der Waals surface area contributed by atoms with Gasteiger partial charge < -0.3 is 10.2 Å². The average Bonchev–Trinajstić information content (AvgIpc) is 2.36. The van der Waals surface area contributed by atoms with Crippen molar-refractivity contribution in [2.45, 2.75) is 47.6 Å². The predicted molar refractivity (Wildman–Crippen MR) is 84.9 cm³/mol. The second kappa shape index (κ2) is 7.25. The van der Waals surface area contributed by atoms with E-state index in [1.54, 1.807) is 6.92 Å². The Morgan fingerprint density at radius 3 is 2.00 bits per heavy atom. The Labute approximate surface area is 129 Å². The summed E-state index contributed by atoms with van der Waals surface area (Å²) in [7, 11) is 0. The minimum Gasteiger partial charge on any atom is -0.344 e. The van der Waals surface area contributed by atoms with E-state index in [9.17, 15) is 9.59 Å².